The molecule has 84 valence electrons. The Kier molecular flexibility index (Phi) is 5.45. The summed E-state index contributed by atoms with van der Waals surface area (Å²) >= 11 is 0. The van der Waals surface area contributed by atoms with Gasteiger partial charge in [0.1, 0.15) is 0 Å². The van der Waals surface area contributed by atoms with Gasteiger partial charge in [0.25, 0.3) is 0 Å². The van der Waals surface area contributed by atoms with Gasteiger partial charge in [0.15, 0.2) is 0 Å². The van der Waals surface area contributed by atoms with Crippen LogP contribution in [0.5, 0.6) is 0 Å². The van der Waals surface area contributed by atoms with Gasteiger partial charge in [-0.25, -0.2) is 0 Å². The molecule has 0 aliphatic heterocycles. The fraction of sp³-hybridized carbons (Fsp3) is 1.00. The molecule has 0 aromatic rings. The second-order valence-electron chi connectivity index (χ2n) is 4.42. The smallest absolute Gasteiger partial charge is 0.0607 e. The maximum Gasteiger partial charge on any atom is 0.0607 e. The van der Waals surface area contributed by atoms with Crippen LogP contribution in [0.4, 0.5) is 0 Å². The third kappa shape index (κ3) is 3.56. The molecular formula is C11H23NO2. The molecule has 14 heavy (non-hydrogen) atoms. The van der Waals surface area contributed by atoms with E-state index in [9.17, 15) is 0 Å². The Morgan fingerprint density at radius 1 is 1.14 bits per heavy atom. The van der Waals surface area contributed by atoms with Crippen LogP contribution >= 0.6 is 0 Å². The van der Waals surface area contributed by atoms with Crippen molar-refractivity contribution < 1.29 is 10.2 Å². The summed E-state index contributed by atoms with van der Waals surface area (Å²) in [5, 5.41) is 21.2. The highest BCUT2D eigenvalue weighted by molar-refractivity contribution is 4.78. The Bertz CT molecular complexity index is 142. The van der Waals surface area contributed by atoms with Crippen LogP contribution in [0.3, 0.4) is 0 Å². The first-order valence-electron chi connectivity index (χ1n) is 5.75. The average molecular weight is 201 g/mol. The van der Waals surface area contributed by atoms with Crippen LogP contribution in [-0.2, 0) is 0 Å². The third-order valence-corrected chi connectivity index (χ3v) is 3.30. The Morgan fingerprint density at radius 2 is 1.71 bits per heavy atom. The number of aliphatic hydroxyl groups excluding tert-OH is 2. The summed E-state index contributed by atoms with van der Waals surface area (Å²) in [6, 6.07) is 0.270. The molecule has 1 atom stereocenters. The van der Waals surface area contributed by atoms with Crippen molar-refractivity contribution in [3.8, 4) is 0 Å². The molecule has 3 nitrogen and oxygen atoms in total. The van der Waals surface area contributed by atoms with Gasteiger partial charge in [0, 0.05) is 6.04 Å². The first-order valence-corrected chi connectivity index (χ1v) is 5.75. The molecule has 3 heteroatoms. The molecule has 0 aromatic carbocycles. The summed E-state index contributed by atoms with van der Waals surface area (Å²) in [4.78, 5) is 0. The zero-order valence-corrected chi connectivity index (χ0v) is 9.08. The molecule has 0 spiro atoms. The normalized spacial score (nSPS) is 21.4. The lowest BCUT2D eigenvalue weighted by Crippen LogP contribution is -2.45. The minimum atomic E-state index is -0.146. The first-order chi connectivity index (χ1) is 6.77. The number of hydrogen-bond acceptors (Lipinski definition) is 3. The highest BCUT2D eigenvalue weighted by atomic mass is 16.3. The van der Waals surface area contributed by atoms with E-state index in [4.69, 9.17) is 10.2 Å². The molecule has 0 amide bonds. The molecule has 1 saturated carbocycles. The van der Waals surface area contributed by atoms with E-state index in [1.807, 2.05) is 0 Å². The average Bonchev–Trinajstić information content (AvgIpc) is 2.26. The minimum Gasteiger partial charge on any atom is -0.395 e. The highest BCUT2D eigenvalue weighted by Crippen LogP contribution is 2.26. The van der Waals surface area contributed by atoms with Crippen molar-refractivity contribution in [1.29, 1.82) is 0 Å². The SMILES string of the molecule is C[C@@H](NC(CO)CO)C1CCCCC1. The molecule has 0 aromatic heterocycles. The largest absolute Gasteiger partial charge is 0.395 e. The van der Waals surface area contributed by atoms with Crippen molar-refractivity contribution in [1.82, 2.24) is 5.32 Å². The van der Waals surface area contributed by atoms with E-state index in [2.05, 4.69) is 12.2 Å². The van der Waals surface area contributed by atoms with E-state index < -0.39 is 0 Å². The van der Waals surface area contributed by atoms with Crippen molar-refractivity contribution in [3.05, 3.63) is 0 Å². The Hall–Kier alpha value is -0.120. The fourth-order valence-electron chi connectivity index (χ4n) is 2.31. The van der Waals surface area contributed by atoms with Crippen LogP contribution in [0, 0.1) is 5.92 Å². The summed E-state index contributed by atoms with van der Waals surface area (Å²) in [5.74, 6) is 0.726. The van der Waals surface area contributed by atoms with Gasteiger partial charge in [-0.3, -0.25) is 0 Å². The summed E-state index contributed by atoms with van der Waals surface area (Å²) < 4.78 is 0. The van der Waals surface area contributed by atoms with Crippen LogP contribution in [0.25, 0.3) is 0 Å². The van der Waals surface area contributed by atoms with Gasteiger partial charge >= 0.3 is 0 Å². The van der Waals surface area contributed by atoms with Gasteiger partial charge in [-0.05, 0) is 25.7 Å². The predicted octanol–water partition coefficient (Wildman–Crippen LogP) is 0.898. The van der Waals surface area contributed by atoms with Crippen LogP contribution in [-0.4, -0.2) is 35.5 Å². The number of aliphatic hydroxyl groups is 2. The maximum atomic E-state index is 8.95. The topological polar surface area (TPSA) is 52.5 Å². The zero-order valence-electron chi connectivity index (χ0n) is 9.08. The molecular weight excluding hydrogens is 178 g/mol. The van der Waals surface area contributed by atoms with Gasteiger partial charge in [0.2, 0.25) is 0 Å². The van der Waals surface area contributed by atoms with E-state index in [1.165, 1.54) is 32.1 Å². The quantitative estimate of drug-likeness (QED) is 0.619. The van der Waals surface area contributed by atoms with E-state index >= 15 is 0 Å². The van der Waals surface area contributed by atoms with E-state index in [0.29, 0.717) is 6.04 Å². The van der Waals surface area contributed by atoms with Gasteiger partial charge in [-0.15, -0.1) is 0 Å². The minimum absolute atomic E-state index is 0.0214. The number of rotatable bonds is 5. The number of hydrogen-bond donors (Lipinski definition) is 3. The molecule has 1 aliphatic carbocycles. The molecule has 0 heterocycles. The summed E-state index contributed by atoms with van der Waals surface area (Å²) in [6.07, 6.45) is 6.61. The summed E-state index contributed by atoms with van der Waals surface area (Å²) in [7, 11) is 0. The Balaban J connectivity index is 2.27. The van der Waals surface area contributed by atoms with Crippen molar-refractivity contribution >= 4 is 0 Å². The van der Waals surface area contributed by atoms with E-state index in [-0.39, 0.29) is 19.3 Å². The van der Waals surface area contributed by atoms with Crippen molar-refractivity contribution in [2.45, 2.75) is 51.1 Å². The lowest BCUT2D eigenvalue weighted by molar-refractivity contribution is 0.148. The Morgan fingerprint density at radius 3 is 2.21 bits per heavy atom. The van der Waals surface area contributed by atoms with Gasteiger partial charge in [-0.2, -0.15) is 0 Å². The van der Waals surface area contributed by atoms with Crippen LogP contribution in [0.1, 0.15) is 39.0 Å². The number of nitrogens with one attached hydrogen (secondary N) is 1. The van der Waals surface area contributed by atoms with Crippen LogP contribution in [0.2, 0.25) is 0 Å². The lowest BCUT2D eigenvalue weighted by Gasteiger charge is -2.30. The molecule has 0 radical (unpaired) electrons. The molecule has 1 aliphatic rings. The molecule has 1 fully saturated rings. The monoisotopic (exact) mass is 201 g/mol. The zero-order chi connectivity index (χ0) is 10.4. The fourth-order valence-corrected chi connectivity index (χ4v) is 2.31. The summed E-state index contributed by atoms with van der Waals surface area (Å²) in [6.45, 7) is 2.20. The van der Waals surface area contributed by atoms with Crippen molar-refractivity contribution in [2.75, 3.05) is 13.2 Å². The van der Waals surface area contributed by atoms with Gasteiger partial charge in [-0.1, -0.05) is 19.3 Å². The molecule has 3 N–H and O–H groups in total. The summed E-state index contributed by atoms with van der Waals surface area (Å²) in [5.41, 5.74) is 0. The van der Waals surface area contributed by atoms with Crippen molar-refractivity contribution in [3.63, 3.8) is 0 Å². The van der Waals surface area contributed by atoms with E-state index in [0.717, 1.165) is 5.92 Å². The van der Waals surface area contributed by atoms with Crippen molar-refractivity contribution in [2.24, 2.45) is 5.92 Å². The third-order valence-electron chi connectivity index (χ3n) is 3.30. The predicted molar refractivity (Wildman–Crippen MR) is 57.1 cm³/mol. The molecule has 0 unspecified atom stereocenters. The maximum absolute atomic E-state index is 8.95. The van der Waals surface area contributed by atoms with Gasteiger partial charge in [0.05, 0.1) is 19.3 Å². The second kappa shape index (κ2) is 6.38. The highest BCUT2D eigenvalue weighted by Gasteiger charge is 2.21. The van der Waals surface area contributed by atoms with Gasteiger partial charge < -0.3 is 15.5 Å². The molecule has 0 saturated heterocycles. The molecule has 1 rings (SSSR count). The first kappa shape index (κ1) is 12.0. The lowest BCUT2D eigenvalue weighted by atomic mass is 9.84. The van der Waals surface area contributed by atoms with Crippen LogP contribution in [0.15, 0.2) is 0 Å². The second-order valence-corrected chi connectivity index (χ2v) is 4.42. The molecule has 0 bridgehead atoms. The Labute approximate surface area is 86.5 Å². The van der Waals surface area contributed by atoms with Crippen LogP contribution < -0.4 is 5.32 Å². The van der Waals surface area contributed by atoms with E-state index in [1.54, 1.807) is 0 Å². The standard InChI is InChI=1S/C11H23NO2/c1-9(12-11(7-13)8-14)10-5-3-2-4-6-10/h9-14H,2-8H2,1H3/t9-/m1/s1.